The zero-order valence-electron chi connectivity index (χ0n) is 14.4. The molecule has 7 nitrogen and oxygen atoms in total. The number of halogens is 3. The van der Waals surface area contributed by atoms with Gasteiger partial charge in [0.2, 0.25) is 0 Å². The normalized spacial score (nSPS) is 15.7. The first kappa shape index (κ1) is 18.4. The molecule has 0 atom stereocenters. The number of nitrogens with one attached hydrogen (secondary N) is 1. The number of aryl methyl sites for hydroxylation is 1. The van der Waals surface area contributed by atoms with E-state index in [0.29, 0.717) is 23.9 Å². The van der Waals surface area contributed by atoms with Gasteiger partial charge in [0.05, 0.1) is 34.4 Å². The standard InChI is InChI=1S/C17H12F3N6OS/c1-26-11-7-23-13(17(18,19)20)5-10(11)25-15(26)14-12(28(22)27)4-9(6-24-14)16(8-21)2-3-16/h4-7,22H,2-3H2,1H3/q-1. The van der Waals surface area contributed by atoms with Crippen LogP contribution in [0, 0.1) is 16.1 Å². The number of aromatic nitrogens is 4. The Morgan fingerprint density at radius 1 is 1.29 bits per heavy atom. The van der Waals surface area contributed by atoms with Gasteiger partial charge in [-0.1, -0.05) is 11.0 Å². The van der Waals surface area contributed by atoms with Gasteiger partial charge in [-0.25, -0.2) is 9.97 Å². The van der Waals surface area contributed by atoms with Crippen molar-refractivity contribution in [2.75, 3.05) is 0 Å². The lowest BCUT2D eigenvalue weighted by molar-refractivity contribution is -0.141. The number of imidazole rings is 1. The van der Waals surface area contributed by atoms with Crippen molar-refractivity contribution in [1.82, 2.24) is 19.5 Å². The van der Waals surface area contributed by atoms with Gasteiger partial charge in [-0.15, -0.1) is 0 Å². The molecule has 1 aliphatic rings. The van der Waals surface area contributed by atoms with Crippen molar-refractivity contribution >= 4 is 21.6 Å². The Hall–Kier alpha value is -3.00. The molecular weight excluding hydrogens is 393 g/mol. The first-order chi connectivity index (χ1) is 13.2. The molecule has 0 bridgehead atoms. The summed E-state index contributed by atoms with van der Waals surface area (Å²) in [6, 6.07) is 4.54. The summed E-state index contributed by atoms with van der Waals surface area (Å²) >= 11 is 0. The topological polar surface area (TPSA) is 108 Å². The molecule has 0 radical (unpaired) electrons. The number of hydrogen-bond acceptors (Lipinski definition) is 7. The first-order valence-electron chi connectivity index (χ1n) is 8.11. The molecule has 0 saturated heterocycles. The van der Waals surface area contributed by atoms with E-state index in [4.69, 9.17) is 4.78 Å². The third kappa shape index (κ3) is 2.80. The van der Waals surface area contributed by atoms with Gasteiger partial charge in [0.15, 0.2) is 5.82 Å². The third-order valence-corrected chi connectivity index (χ3v) is 5.55. The number of pyridine rings is 2. The molecule has 3 aromatic heterocycles. The van der Waals surface area contributed by atoms with Gasteiger partial charge in [0, 0.05) is 13.2 Å². The maximum absolute atomic E-state index is 12.9. The predicted octanol–water partition coefficient (Wildman–Crippen LogP) is 3.69. The number of alkyl halides is 3. The van der Waals surface area contributed by atoms with Crippen molar-refractivity contribution in [1.29, 1.82) is 10.0 Å². The molecule has 0 aliphatic heterocycles. The lowest BCUT2D eigenvalue weighted by Crippen LogP contribution is -2.07. The minimum absolute atomic E-state index is 0.0569. The summed E-state index contributed by atoms with van der Waals surface area (Å²) in [6.07, 6.45) is -0.745. The summed E-state index contributed by atoms with van der Waals surface area (Å²) in [6.45, 7) is 0. The van der Waals surface area contributed by atoms with E-state index in [1.165, 1.54) is 16.8 Å². The number of rotatable bonds is 3. The van der Waals surface area contributed by atoms with Gasteiger partial charge in [-0.2, -0.15) is 29.0 Å². The van der Waals surface area contributed by atoms with Crippen molar-refractivity contribution < 1.29 is 17.4 Å². The van der Waals surface area contributed by atoms with Gasteiger partial charge in [-0.05, 0) is 24.5 Å². The van der Waals surface area contributed by atoms with Crippen LogP contribution in [-0.4, -0.2) is 19.5 Å². The van der Waals surface area contributed by atoms with Crippen LogP contribution in [0.15, 0.2) is 29.4 Å². The van der Waals surface area contributed by atoms with Crippen LogP contribution < -0.4 is 0 Å². The fraction of sp³-hybridized carbons (Fsp3) is 0.294. The zero-order valence-corrected chi connectivity index (χ0v) is 15.2. The summed E-state index contributed by atoms with van der Waals surface area (Å²) in [5.74, 6) is 0.167. The quantitative estimate of drug-likeness (QED) is 0.669. The third-order valence-electron chi connectivity index (χ3n) is 4.84. The molecule has 0 aromatic carbocycles. The fourth-order valence-electron chi connectivity index (χ4n) is 3.06. The smallest absolute Gasteiger partial charge is 0.433 e. The average molecular weight is 405 g/mol. The lowest BCUT2D eigenvalue weighted by Gasteiger charge is -2.14. The summed E-state index contributed by atoms with van der Waals surface area (Å²) in [4.78, 5) is 12.0. The van der Waals surface area contributed by atoms with E-state index in [9.17, 15) is 22.6 Å². The predicted molar refractivity (Wildman–Crippen MR) is 92.3 cm³/mol. The van der Waals surface area contributed by atoms with E-state index >= 15 is 0 Å². The van der Waals surface area contributed by atoms with Gasteiger partial charge in [0.25, 0.3) is 0 Å². The van der Waals surface area contributed by atoms with E-state index in [-0.39, 0.29) is 21.9 Å². The molecule has 1 fully saturated rings. The van der Waals surface area contributed by atoms with Crippen molar-refractivity contribution in [3.05, 3.63) is 35.8 Å². The molecule has 11 heteroatoms. The highest BCUT2D eigenvalue weighted by atomic mass is 32.2. The second kappa shape index (κ2) is 6.00. The fourth-order valence-corrected chi connectivity index (χ4v) is 3.61. The van der Waals surface area contributed by atoms with Crippen molar-refractivity contribution in [3.8, 4) is 17.6 Å². The van der Waals surface area contributed by atoms with Crippen LogP contribution in [0.4, 0.5) is 13.2 Å². The van der Waals surface area contributed by atoms with Crippen LogP contribution in [0.5, 0.6) is 0 Å². The molecule has 28 heavy (non-hydrogen) atoms. The van der Waals surface area contributed by atoms with E-state index < -0.39 is 27.9 Å². The molecule has 144 valence electrons. The van der Waals surface area contributed by atoms with Crippen molar-refractivity contribution in [2.45, 2.75) is 29.3 Å². The van der Waals surface area contributed by atoms with E-state index in [0.717, 1.165) is 12.3 Å². The molecule has 0 spiro atoms. The van der Waals surface area contributed by atoms with E-state index in [1.54, 1.807) is 7.05 Å². The van der Waals surface area contributed by atoms with E-state index in [1.807, 2.05) is 0 Å². The Labute approximate surface area is 158 Å². The second-order valence-electron chi connectivity index (χ2n) is 6.58. The molecular formula is C17H12F3N6OS-. The number of nitrogens with zero attached hydrogens (tertiary/aromatic N) is 5. The largest absolute Gasteiger partial charge is 0.440 e. The molecule has 3 heterocycles. The highest BCUT2D eigenvalue weighted by molar-refractivity contribution is 7.73. The summed E-state index contributed by atoms with van der Waals surface area (Å²) in [7, 11) is -0.607. The maximum Gasteiger partial charge on any atom is 0.433 e. The Morgan fingerprint density at radius 2 is 2.00 bits per heavy atom. The average Bonchev–Trinajstić information content (AvgIpc) is 3.39. The van der Waals surface area contributed by atoms with Crippen molar-refractivity contribution in [3.63, 3.8) is 0 Å². The minimum atomic E-state index is -4.60. The van der Waals surface area contributed by atoms with Crippen LogP contribution in [0.2, 0.25) is 0 Å². The highest BCUT2D eigenvalue weighted by Gasteiger charge is 2.45. The molecule has 0 amide bonds. The molecule has 3 aromatic rings. The molecule has 1 saturated carbocycles. The summed E-state index contributed by atoms with van der Waals surface area (Å²) < 4.78 is 59.9. The van der Waals surface area contributed by atoms with Gasteiger partial charge in [0.1, 0.15) is 5.69 Å². The maximum atomic E-state index is 12.9. The van der Waals surface area contributed by atoms with Crippen LogP contribution in [0.25, 0.3) is 22.6 Å². The zero-order chi connectivity index (χ0) is 20.3. The molecule has 1 N–H and O–H groups in total. The van der Waals surface area contributed by atoms with Gasteiger partial charge in [-0.3, -0.25) is 4.98 Å². The Balaban J connectivity index is 1.90. The van der Waals surface area contributed by atoms with Crippen LogP contribution in [0.3, 0.4) is 0 Å². The number of fused-ring (bicyclic) bond motifs is 1. The van der Waals surface area contributed by atoms with Gasteiger partial charge < -0.3 is 13.6 Å². The number of hydrogen-bond donors (Lipinski definition) is 1. The minimum Gasteiger partial charge on any atom is -0.440 e. The first-order valence-corrected chi connectivity index (χ1v) is 9.26. The molecule has 0 unspecified atom stereocenters. The van der Waals surface area contributed by atoms with Crippen molar-refractivity contribution in [2.24, 2.45) is 7.05 Å². The Morgan fingerprint density at radius 3 is 2.57 bits per heavy atom. The number of nitriles is 1. The lowest BCUT2D eigenvalue weighted by atomic mass is 9.99. The van der Waals surface area contributed by atoms with E-state index in [2.05, 4.69) is 21.0 Å². The monoisotopic (exact) mass is 405 g/mol. The molecule has 1 aliphatic carbocycles. The summed E-state index contributed by atoms with van der Waals surface area (Å²) in [5.41, 5.74) is -0.638. The Bertz CT molecular complexity index is 1230. The van der Waals surface area contributed by atoms with Crippen LogP contribution >= 0.6 is 0 Å². The van der Waals surface area contributed by atoms with Crippen LogP contribution in [0.1, 0.15) is 24.1 Å². The van der Waals surface area contributed by atoms with Gasteiger partial charge >= 0.3 is 6.18 Å². The Kier molecular flexibility index (Phi) is 3.94. The second-order valence-corrected chi connectivity index (χ2v) is 7.56. The van der Waals surface area contributed by atoms with Crippen LogP contribution in [-0.2, 0) is 33.4 Å². The highest BCUT2D eigenvalue weighted by Crippen LogP contribution is 2.48. The molecule has 4 rings (SSSR count). The summed E-state index contributed by atoms with van der Waals surface area (Å²) in [5, 5.41) is 9.34. The SMILES string of the molecule is Cn1c(-c2ncc(C3(C#N)CC3)cc2[S-](=N)=O)nc2cc(C(F)(F)F)ncc21.